The minimum Gasteiger partial charge on any atom is -0.352 e. The van der Waals surface area contributed by atoms with E-state index in [1.165, 1.54) is 24.3 Å². The molecule has 2 aliphatic heterocycles. The van der Waals surface area contributed by atoms with Gasteiger partial charge in [-0.2, -0.15) is 5.26 Å². The SMILES string of the molecule is CC(C)(C)C[C@@H]1N[C@@H](C(=O)NC2CCNCC2)[C@H](c2cccc(Cl)c2F)[C@@]1(C#N)c1ccc(Cl)cc1F. The van der Waals surface area contributed by atoms with Gasteiger partial charge in [-0.25, -0.2) is 8.78 Å². The topological polar surface area (TPSA) is 77.0 Å². The van der Waals surface area contributed by atoms with E-state index >= 15 is 8.78 Å². The second kappa shape index (κ2) is 10.9. The summed E-state index contributed by atoms with van der Waals surface area (Å²) in [6.45, 7) is 7.58. The van der Waals surface area contributed by atoms with Crippen molar-refractivity contribution in [2.24, 2.45) is 5.41 Å². The Balaban J connectivity index is 1.93. The Morgan fingerprint density at radius 3 is 2.51 bits per heavy atom. The average molecular weight is 549 g/mol. The van der Waals surface area contributed by atoms with Gasteiger partial charge in [0.2, 0.25) is 5.91 Å². The van der Waals surface area contributed by atoms with E-state index in [2.05, 4.69) is 22.0 Å². The van der Waals surface area contributed by atoms with Crippen LogP contribution in [0.2, 0.25) is 10.0 Å². The van der Waals surface area contributed by atoms with Crippen LogP contribution in [0.4, 0.5) is 8.78 Å². The third kappa shape index (κ3) is 5.49. The predicted octanol–water partition coefficient (Wildman–Crippen LogP) is 5.46. The van der Waals surface area contributed by atoms with E-state index in [4.69, 9.17) is 23.2 Å². The Labute approximate surface area is 226 Å². The van der Waals surface area contributed by atoms with Crippen LogP contribution in [-0.2, 0) is 10.2 Å². The molecule has 2 aliphatic rings. The first-order valence-electron chi connectivity index (χ1n) is 12.6. The molecule has 4 rings (SSSR count). The van der Waals surface area contributed by atoms with Crippen LogP contribution in [0.1, 0.15) is 57.1 Å². The van der Waals surface area contributed by atoms with E-state index in [9.17, 15) is 10.1 Å². The molecule has 0 aromatic heterocycles. The molecule has 1 amide bonds. The molecule has 0 unspecified atom stereocenters. The van der Waals surface area contributed by atoms with E-state index in [1.54, 1.807) is 6.07 Å². The highest BCUT2D eigenvalue weighted by Gasteiger charge is 2.61. The Kier molecular flexibility index (Phi) is 8.16. The molecular formula is C28H32Cl2F2N4O. The number of piperidine rings is 1. The number of benzene rings is 2. The second-order valence-electron chi connectivity index (χ2n) is 11.2. The average Bonchev–Trinajstić information content (AvgIpc) is 3.14. The van der Waals surface area contributed by atoms with Gasteiger partial charge in [-0.15, -0.1) is 0 Å². The fraction of sp³-hybridized carbons (Fsp3) is 0.500. The molecular weight excluding hydrogens is 517 g/mol. The first-order chi connectivity index (χ1) is 17.5. The van der Waals surface area contributed by atoms with E-state index < -0.39 is 35.1 Å². The molecule has 0 spiro atoms. The molecule has 2 saturated heterocycles. The standard InChI is InChI=1S/C28H32Cl2F2N4O/c1-27(2,3)14-22-28(15-33,19-8-7-16(29)13-21(19)31)23(18-5-4-6-20(30)24(18)32)25(36-22)26(37)35-17-9-11-34-12-10-17/h4-8,13,17,22-23,25,34,36H,9-12,14H2,1-3H3,(H,35,37)/t22-,23-,25+,28-/m0/s1. The molecule has 37 heavy (non-hydrogen) atoms. The Bertz CT molecular complexity index is 1210. The highest BCUT2D eigenvalue weighted by atomic mass is 35.5. The van der Waals surface area contributed by atoms with Crippen molar-refractivity contribution in [2.75, 3.05) is 13.1 Å². The van der Waals surface area contributed by atoms with Crippen LogP contribution in [0.15, 0.2) is 36.4 Å². The van der Waals surface area contributed by atoms with E-state index in [0.717, 1.165) is 32.0 Å². The van der Waals surface area contributed by atoms with Crippen molar-refractivity contribution in [1.29, 1.82) is 5.26 Å². The Morgan fingerprint density at radius 1 is 1.19 bits per heavy atom. The number of hydrogen-bond donors (Lipinski definition) is 3. The molecule has 2 heterocycles. The van der Waals surface area contributed by atoms with Gasteiger partial charge in [0.25, 0.3) is 0 Å². The van der Waals surface area contributed by atoms with Gasteiger partial charge in [0.1, 0.15) is 17.0 Å². The summed E-state index contributed by atoms with van der Waals surface area (Å²) in [7, 11) is 0. The van der Waals surface area contributed by atoms with Gasteiger partial charge in [-0.1, -0.05) is 62.2 Å². The van der Waals surface area contributed by atoms with Crippen LogP contribution >= 0.6 is 23.2 Å². The van der Waals surface area contributed by atoms with Crippen molar-refractivity contribution in [3.63, 3.8) is 0 Å². The van der Waals surface area contributed by atoms with Crippen LogP contribution in [0.25, 0.3) is 0 Å². The summed E-state index contributed by atoms with van der Waals surface area (Å²) < 4.78 is 31.3. The van der Waals surface area contributed by atoms with E-state index in [-0.39, 0.29) is 38.5 Å². The molecule has 0 saturated carbocycles. The van der Waals surface area contributed by atoms with Crippen molar-refractivity contribution >= 4 is 29.1 Å². The van der Waals surface area contributed by atoms with Crippen molar-refractivity contribution in [1.82, 2.24) is 16.0 Å². The van der Waals surface area contributed by atoms with Gasteiger partial charge in [-0.3, -0.25) is 4.79 Å². The molecule has 2 aromatic rings. The minimum absolute atomic E-state index is 0.0502. The number of amides is 1. The maximum Gasteiger partial charge on any atom is 0.238 e. The van der Waals surface area contributed by atoms with Crippen LogP contribution in [0.3, 0.4) is 0 Å². The minimum atomic E-state index is -1.62. The summed E-state index contributed by atoms with van der Waals surface area (Å²) >= 11 is 12.2. The van der Waals surface area contributed by atoms with Gasteiger partial charge in [0.05, 0.1) is 17.1 Å². The molecule has 2 fully saturated rings. The predicted molar refractivity (Wildman–Crippen MR) is 142 cm³/mol. The molecule has 9 heteroatoms. The fourth-order valence-electron chi connectivity index (χ4n) is 5.81. The fourth-order valence-corrected chi connectivity index (χ4v) is 6.15. The first kappa shape index (κ1) is 27.8. The lowest BCUT2D eigenvalue weighted by Crippen LogP contribution is -2.51. The summed E-state index contributed by atoms with van der Waals surface area (Å²) in [4.78, 5) is 13.8. The number of nitriles is 1. The van der Waals surface area contributed by atoms with E-state index in [1.807, 2.05) is 20.8 Å². The zero-order valence-electron chi connectivity index (χ0n) is 21.2. The number of nitrogens with one attached hydrogen (secondary N) is 3. The van der Waals surface area contributed by atoms with Gasteiger partial charge >= 0.3 is 0 Å². The molecule has 0 bridgehead atoms. The molecule has 0 aliphatic carbocycles. The van der Waals surface area contributed by atoms with Crippen LogP contribution in [-0.4, -0.2) is 37.1 Å². The molecule has 5 nitrogen and oxygen atoms in total. The zero-order valence-corrected chi connectivity index (χ0v) is 22.7. The number of nitrogens with zero attached hydrogens (tertiary/aromatic N) is 1. The maximum absolute atomic E-state index is 15.6. The highest BCUT2D eigenvalue weighted by molar-refractivity contribution is 6.31. The van der Waals surface area contributed by atoms with Crippen LogP contribution < -0.4 is 16.0 Å². The van der Waals surface area contributed by atoms with Crippen molar-refractivity contribution in [3.05, 3.63) is 69.2 Å². The molecule has 4 atom stereocenters. The zero-order chi connectivity index (χ0) is 27.0. The van der Waals surface area contributed by atoms with Gasteiger partial charge in [0.15, 0.2) is 0 Å². The van der Waals surface area contributed by atoms with Crippen molar-refractivity contribution < 1.29 is 13.6 Å². The number of carbonyl (C=O) groups excluding carboxylic acids is 1. The quantitative estimate of drug-likeness (QED) is 0.463. The smallest absolute Gasteiger partial charge is 0.238 e. The number of carbonyl (C=O) groups is 1. The molecule has 2 aromatic carbocycles. The lowest BCUT2D eigenvalue weighted by Gasteiger charge is -2.37. The Morgan fingerprint density at radius 2 is 1.89 bits per heavy atom. The summed E-state index contributed by atoms with van der Waals surface area (Å²) in [5, 5.41) is 20.6. The number of halogens is 4. The molecule has 3 N–H and O–H groups in total. The first-order valence-corrected chi connectivity index (χ1v) is 13.3. The van der Waals surface area contributed by atoms with Crippen LogP contribution in [0.5, 0.6) is 0 Å². The lowest BCUT2D eigenvalue weighted by atomic mass is 9.62. The van der Waals surface area contributed by atoms with Gasteiger partial charge in [-0.05, 0) is 61.5 Å². The third-order valence-corrected chi connectivity index (χ3v) is 7.94. The number of rotatable bonds is 5. The summed E-state index contributed by atoms with van der Waals surface area (Å²) in [5.41, 5.74) is -1.75. The molecule has 198 valence electrons. The van der Waals surface area contributed by atoms with Crippen LogP contribution in [0, 0.1) is 28.4 Å². The second-order valence-corrected chi connectivity index (χ2v) is 12.1. The summed E-state index contributed by atoms with van der Waals surface area (Å²) in [6.07, 6.45) is 1.95. The largest absolute Gasteiger partial charge is 0.352 e. The summed E-state index contributed by atoms with van der Waals surface area (Å²) in [6, 6.07) is 9.31. The Hall–Kier alpha value is -2.24. The lowest BCUT2D eigenvalue weighted by molar-refractivity contribution is -0.124. The summed E-state index contributed by atoms with van der Waals surface area (Å²) in [5.74, 6) is -2.80. The van der Waals surface area contributed by atoms with Crippen molar-refractivity contribution in [2.45, 2.75) is 69.5 Å². The number of hydrogen-bond acceptors (Lipinski definition) is 4. The highest BCUT2D eigenvalue weighted by Crippen LogP contribution is 2.52. The third-order valence-electron chi connectivity index (χ3n) is 7.42. The normalized spacial score (nSPS) is 26.6. The van der Waals surface area contributed by atoms with Gasteiger partial charge < -0.3 is 16.0 Å². The van der Waals surface area contributed by atoms with Gasteiger partial charge in [0, 0.05) is 28.6 Å². The van der Waals surface area contributed by atoms with Crippen molar-refractivity contribution in [3.8, 4) is 6.07 Å². The maximum atomic E-state index is 15.6. The molecule has 0 radical (unpaired) electrons. The monoisotopic (exact) mass is 548 g/mol. The van der Waals surface area contributed by atoms with E-state index in [0.29, 0.717) is 6.42 Å².